The molecule has 1 saturated carbocycles. The zero-order chi connectivity index (χ0) is 10.7. The first-order valence-electron chi connectivity index (χ1n) is 6.14. The molecule has 0 bridgehead atoms. The van der Waals surface area contributed by atoms with Gasteiger partial charge in [-0.05, 0) is 45.6 Å². The van der Waals surface area contributed by atoms with E-state index in [1.54, 1.807) is 0 Å². The van der Waals surface area contributed by atoms with Gasteiger partial charge in [0.1, 0.15) is 5.60 Å². The summed E-state index contributed by atoms with van der Waals surface area (Å²) in [6.45, 7) is 4.79. The van der Waals surface area contributed by atoms with E-state index < -0.39 is 5.60 Å². The van der Waals surface area contributed by atoms with Gasteiger partial charge in [0, 0.05) is 19.2 Å². The third-order valence-electron chi connectivity index (χ3n) is 3.58. The number of hydrogen-bond acceptors (Lipinski definition) is 3. The molecule has 0 N–H and O–H groups in total. The van der Waals surface area contributed by atoms with Crippen LogP contribution in [0.25, 0.3) is 0 Å². The standard InChI is InChI=1S/C12H21NO2/c1-2-15-12(10-14)6-3-8-13(9-7-12)11-4-5-11/h10-11H,2-9H2,1H3. The van der Waals surface area contributed by atoms with E-state index in [4.69, 9.17) is 4.74 Å². The van der Waals surface area contributed by atoms with Gasteiger partial charge in [-0.15, -0.1) is 0 Å². The SMILES string of the molecule is CCOC1(C=O)CCCN(C2CC2)CC1. The summed E-state index contributed by atoms with van der Waals surface area (Å²) in [5, 5.41) is 0. The highest BCUT2D eigenvalue weighted by atomic mass is 16.5. The summed E-state index contributed by atoms with van der Waals surface area (Å²) < 4.78 is 5.65. The van der Waals surface area contributed by atoms with E-state index in [2.05, 4.69) is 4.90 Å². The Hall–Kier alpha value is -0.410. The fourth-order valence-corrected chi connectivity index (χ4v) is 2.54. The van der Waals surface area contributed by atoms with Crippen molar-refractivity contribution in [1.29, 1.82) is 0 Å². The third-order valence-corrected chi connectivity index (χ3v) is 3.58. The molecule has 1 atom stereocenters. The van der Waals surface area contributed by atoms with E-state index in [0.717, 1.165) is 44.7 Å². The average molecular weight is 211 g/mol. The number of nitrogens with zero attached hydrogens (tertiary/aromatic N) is 1. The normalized spacial score (nSPS) is 33.7. The molecule has 0 aromatic rings. The maximum Gasteiger partial charge on any atom is 0.151 e. The number of hydrogen-bond donors (Lipinski definition) is 0. The fourth-order valence-electron chi connectivity index (χ4n) is 2.54. The second-order valence-corrected chi connectivity index (χ2v) is 4.74. The Morgan fingerprint density at radius 2 is 2.20 bits per heavy atom. The highest BCUT2D eigenvalue weighted by Gasteiger charge is 2.36. The Balaban J connectivity index is 1.93. The van der Waals surface area contributed by atoms with Crippen LogP contribution < -0.4 is 0 Å². The highest BCUT2D eigenvalue weighted by molar-refractivity contribution is 5.62. The first kappa shape index (κ1) is 11.1. The van der Waals surface area contributed by atoms with Crippen molar-refractivity contribution in [3.8, 4) is 0 Å². The molecule has 2 fully saturated rings. The van der Waals surface area contributed by atoms with Crippen molar-refractivity contribution in [3.05, 3.63) is 0 Å². The number of rotatable bonds is 4. The first-order valence-corrected chi connectivity index (χ1v) is 6.14. The lowest BCUT2D eigenvalue weighted by molar-refractivity contribution is -0.132. The van der Waals surface area contributed by atoms with Crippen LogP contribution in [0.2, 0.25) is 0 Å². The second kappa shape index (κ2) is 4.62. The van der Waals surface area contributed by atoms with E-state index in [0.29, 0.717) is 6.61 Å². The summed E-state index contributed by atoms with van der Waals surface area (Å²) in [5.41, 5.74) is -0.474. The largest absolute Gasteiger partial charge is 0.368 e. The Morgan fingerprint density at radius 1 is 1.40 bits per heavy atom. The summed E-state index contributed by atoms with van der Waals surface area (Å²) in [4.78, 5) is 13.7. The minimum absolute atomic E-state index is 0.474. The minimum atomic E-state index is -0.474. The molecule has 2 aliphatic rings. The summed E-state index contributed by atoms with van der Waals surface area (Å²) in [6.07, 6.45) is 6.60. The van der Waals surface area contributed by atoms with Gasteiger partial charge in [-0.2, -0.15) is 0 Å². The molecular weight excluding hydrogens is 190 g/mol. The minimum Gasteiger partial charge on any atom is -0.368 e. The van der Waals surface area contributed by atoms with Crippen molar-refractivity contribution >= 4 is 6.29 Å². The summed E-state index contributed by atoms with van der Waals surface area (Å²) >= 11 is 0. The second-order valence-electron chi connectivity index (χ2n) is 4.74. The van der Waals surface area contributed by atoms with E-state index in [9.17, 15) is 4.79 Å². The Morgan fingerprint density at radius 3 is 2.80 bits per heavy atom. The quantitative estimate of drug-likeness (QED) is 0.662. The molecule has 1 unspecified atom stereocenters. The predicted octanol–water partition coefficient (Wildman–Crippen LogP) is 1.61. The summed E-state index contributed by atoms with van der Waals surface area (Å²) in [7, 11) is 0. The van der Waals surface area contributed by atoms with Crippen molar-refractivity contribution in [2.75, 3.05) is 19.7 Å². The lowest BCUT2D eigenvalue weighted by Crippen LogP contribution is -2.36. The van der Waals surface area contributed by atoms with E-state index in [-0.39, 0.29) is 0 Å². The van der Waals surface area contributed by atoms with Crippen LogP contribution >= 0.6 is 0 Å². The molecule has 0 spiro atoms. The van der Waals surface area contributed by atoms with E-state index in [1.165, 1.54) is 12.8 Å². The molecule has 0 aromatic heterocycles. The number of carbonyl (C=O) groups excluding carboxylic acids is 1. The van der Waals surface area contributed by atoms with Crippen molar-refractivity contribution in [2.24, 2.45) is 0 Å². The molecular formula is C12H21NO2. The zero-order valence-corrected chi connectivity index (χ0v) is 9.58. The van der Waals surface area contributed by atoms with Crippen LogP contribution in [-0.4, -0.2) is 42.5 Å². The van der Waals surface area contributed by atoms with Gasteiger partial charge >= 0.3 is 0 Å². The maximum absolute atomic E-state index is 11.2. The van der Waals surface area contributed by atoms with E-state index >= 15 is 0 Å². The monoisotopic (exact) mass is 211 g/mol. The van der Waals surface area contributed by atoms with Crippen LogP contribution in [0.15, 0.2) is 0 Å². The van der Waals surface area contributed by atoms with Crippen LogP contribution in [0, 0.1) is 0 Å². The molecule has 0 radical (unpaired) electrons. The summed E-state index contributed by atoms with van der Waals surface area (Å²) in [6, 6.07) is 0.814. The molecule has 1 aliphatic carbocycles. The third kappa shape index (κ3) is 2.58. The molecule has 3 heteroatoms. The van der Waals surface area contributed by atoms with Gasteiger partial charge in [0.2, 0.25) is 0 Å². The van der Waals surface area contributed by atoms with Crippen molar-refractivity contribution < 1.29 is 9.53 Å². The fraction of sp³-hybridized carbons (Fsp3) is 0.917. The molecule has 0 aromatic carbocycles. The Labute approximate surface area is 91.8 Å². The lowest BCUT2D eigenvalue weighted by Gasteiger charge is -2.26. The predicted molar refractivity (Wildman–Crippen MR) is 58.9 cm³/mol. The smallest absolute Gasteiger partial charge is 0.151 e. The molecule has 0 amide bonds. The Bertz CT molecular complexity index is 228. The maximum atomic E-state index is 11.2. The van der Waals surface area contributed by atoms with Gasteiger partial charge in [0.25, 0.3) is 0 Å². The van der Waals surface area contributed by atoms with Gasteiger partial charge in [0.05, 0.1) is 0 Å². The van der Waals surface area contributed by atoms with Crippen LogP contribution in [0.4, 0.5) is 0 Å². The first-order chi connectivity index (χ1) is 7.29. The number of carbonyl (C=O) groups is 1. The molecule has 1 aliphatic heterocycles. The van der Waals surface area contributed by atoms with Crippen LogP contribution in [-0.2, 0) is 9.53 Å². The highest BCUT2D eigenvalue weighted by Crippen LogP contribution is 2.32. The number of ether oxygens (including phenoxy) is 1. The molecule has 86 valence electrons. The molecule has 2 rings (SSSR count). The van der Waals surface area contributed by atoms with Crippen molar-refractivity contribution in [2.45, 2.75) is 50.7 Å². The van der Waals surface area contributed by atoms with Gasteiger partial charge in [-0.3, -0.25) is 0 Å². The zero-order valence-electron chi connectivity index (χ0n) is 9.58. The van der Waals surface area contributed by atoms with Gasteiger partial charge in [-0.25, -0.2) is 0 Å². The van der Waals surface area contributed by atoms with E-state index in [1.807, 2.05) is 6.92 Å². The van der Waals surface area contributed by atoms with Crippen LogP contribution in [0.5, 0.6) is 0 Å². The van der Waals surface area contributed by atoms with Gasteiger partial charge in [0.15, 0.2) is 6.29 Å². The molecule has 3 nitrogen and oxygen atoms in total. The lowest BCUT2D eigenvalue weighted by atomic mass is 9.96. The molecule has 15 heavy (non-hydrogen) atoms. The Kier molecular flexibility index (Phi) is 3.42. The van der Waals surface area contributed by atoms with Crippen LogP contribution in [0.3, 0.4) is 0 Å². The van der Waals surface area contributed by atoms with Gasteiger partial charge in [-0.1, -0.05) is 0 Å². The van der Waals surface area contributed by atoms with Crippen molar-refractivity contribution in [1.82, 2.24) is 4.90 Å². The number of likely N-dealkylation sites (tertiary alicyclic amines) is 1. The molecule has 1 heterocycles. The van der Waals surface area contributed by atoms with Gasteiger partial charge < -0.3 is 14.4 Å². The molecule has 1 saturated heterocycles. The number of aldehydes is 1. The average Bonchev–Trinajstić information content (AvgIpc) is 3.04. The van der Waals surface area contributed by atoms with Crippen molar-refractivity contribution in [3.63, 3.8) is 0 Å². The summed E-state index contributed by atoms with van der Waals surface area (Å²) in [5.74, 6) is 0. The van der Waals surface area contributed by atoms with Crippen LogP contribution in [0.1, 0.15) is 39.0 Å². The topological polar surface area (TPSA) is 29.5 Å².